The van der Waals surface area contributed by atoms with Gasteiger partial charge in [-0.2, -0.15) is 5.48 Å². The van der Waals surface area contributed by atoms with E-state index in [-0.39, 0.29) is 38.6 Å². The van der Waals surface area contributed by atoms with Crippen molar-refractivity contribution in [2.45, 2.75) is 44.0 Å². The molecule has 0 aromatic heterocycles. The summed E-state index contributed by atoms with van der Waals surface area (Å²) in [5, 5.41) is 35.9. The van der Waals surface area contributed by atoms with Crippen molar-refractivity contribution in [2.75, 3.05) is 39.6 Å². The topological polar surface area (TPSA) is 130 Å². The van der Waals surface area contributed by atoms with Crippen molar-refractivity contribution >= 4 is 0 Å². The Kier molecular flexibility index (Phi) is 10.0. The van der Waals surface area contributed by atoms with Gasteiger partial charge in [0.15, 0.2) is 6.23 Å². The maximum Gasteiger partial charge on any atom is 0.154 e. The van der Waals surface area contributed by atoms with Crippen LogP contribution in [0.2, 0.25) is 0 Å². The Balaban J connectivity index is 2.17. The van der Waals surface area contributed by atoms with Gasteiger partial charge in [-0.3, -0.25) is 4.84 Å². The number of nitrogens with one attached hydrogen (secondary N) is 1. The monoisotopic (exact) mass is 325 g/mol. The van der Waals surface area contributed by atoms with Crippen LogP contribution in [-0.4, -0.2) is 90.7 Å². The quantitative estimate of drug-likeness (QED) is 0.267. The molecule has 0 aromatic rings. The lowest BCUT2D eigenvalue weighted by Crippen LogP contribution is -2.47. The van der Waals surface area contributed by atoms with E-state index in [2.05, 4.69) is 5.48 Å². The molecule has 1 aliphatic heterocycles. The lowest BCUT2D eigenvalue weighted by atomic mass is 10.2. The lowest BCUT2D eigenvalue weighted by molar-refractivity contribution is -0.212. The molecule has 0 aromatic carbocycles. The third-order valence-corrected chi connectivity index (χ3v) is 3.01. The fraction of sp³-hybridized carbons (Fsp3) is 1.00. The summed E-state index contributed by atoms with van der Waals surface area (Å²) in [6, 6.07) is 0. The van der Waals surface area contributed by atoms with Gasteiger partial charge in [0, 0.05) is 6.42 Å². The Labute approximate surface area is 129 Å². The van der Waals surface area contributed by atoms with Gasteiger partial charge in [0.2, 0.25) is 0 Å². The Hall–Kier alpha value is -0.360. The van der Waals surface area contributed by atoms with Gasteiger partial charge in [-0.05, 0) is 6.92 Å². The minimum absolute atomic E-state index is 0.0619. The van der Waals surface area contributed by atoms with Crippen molar-refractivity contribution in [1.29, 1.82) is 0 Å². The molecule has 1 aliphatic rings. The third-order valence-electron chi connectivity index (χ3n) is 3.01. The van der Waals surface area contributed by atoms with E-state index in [1.807, 2.05) is 0 Å². The first-order valence-electron chi connectivity index (χ1n) is 7.35. The van der Waals surface area contributed by atoms with Gasteiger partial charge < -0.3 is 34.6 Å². The summed E-state index contributed by atoms with van der Waals surface area (Å²) in [6.07, 6.45) is -2.39. The zero-order valence-corrected chi connectivity index (χ0v) is 12.8. The maximum atomic E-state index is 9.32. The van der Waals surface area contributed by atoms with E-state index in [0.29, 0.717) is 19.6 Å². The Morgan fingerprint density at radius 2 is 1.91 bits per heavy atom. The smallest absolute Gasteiger partial charge is 0.154 e. The minimum atomic E-state index is -0.949. The summed E-state index contributed by atoms with van der Waals surface area (Å²) in [7, 11) is 0. The van der Waals surface area contributed by atoms with Crippen LogP contribution in [0.25, 0.3) is 0 Å². The molecular weight excluding hydrogens is 298 g/mol. The molecule has 132 valence electrons. The van der Waals surface area contributed by atoms with Crippen molar-refractivity contribution in [1.82, 2.24) is 5.48 Å². The Bertz CT molecular complexity index is 283. The van der Waals surface area contributed by atoms with Crippen molar-refractivity contribution in [2.24, 2.45) is 0 Å². The van der Waals surface area contributed by atoms with Crippen LogP contribution in [0.5, 0.6) is 0 Å². The van der Waals surface area contributed by atoms with Gasteiger partial charge in [0.05, 0.1) is 51.8 Å². The highest BCUT2D eigenvalue weighted by Gasteiger charge is 2.24. The standard InChI is InChI=1S/C13H27NO8/c1-9(2-10(17)3-15)20-7-12-6-19-8-13(22-12)14-21-5-11(18)4-16/h9-18H,2-8H2,1H3/t9-,10?,11?,12?,13?/m0/s1. The number of hydrogen-bond donors (Lipinski definition) is 5. The lowest BCUT2D eigenvalue weighted by Gasteiger charge is -2.31. The van der Waals surface area contributed by atoms with E-state index in [1.165, 1.54) is 0 Å². The zero-order chi connectivity index (χ0) is 16.4. The predicted octanol–water partition coefficient (Wildman–Crippen LogP) is -2.25. The van der Waals surface area contributed by atoms with Crippen LogP contribution in [0.15, 0.2) is 0 Å². The zero-order valence-electron chi connectivity index (χ0n) is 12.8. The average Bonchev–Trinajstić information content (AvgIpc) is 2.53. The SMILES string of the molecule is C[C@@H](CC(O)CO)OCC1COCC(NOCC(O)CO)O1. The van der Waals surface area contributed by atoms with Crippen molar-refractivity contribution in [3.05, 3.63) is 0 Å². The van der Waals surface area contributed by atoms with Gasteiger partial charge in [0.25, 0.3) is 0 Å². The van der Waals surface area contributed by atoms with Crippen LogP contribution in [-0.2, 0) is 19.0 Å². The second-order valence-corrected chi connectivity index (χ2v) is 5.27. The summed E-state index contributed by atoms with van der Waals surface area (Å²) < 4.78 is 16.6. The van der Waals surface area contributed by atoms with E-state index >= 15 is 0 Å². The van der Waals surface area contributed by atoms with Gasteiger partial charge in [-0.1, -0.05) is 0 Å². The van der Waals surface area contributed by atoms with Crippen LogP contribution < -0.4 is 5.48 Å². The normalized spacial score (nSPS) is 26.6. The number of rotatable bonds is 11. The molecule has 22 heavy (non-hydrogen) atoms. The molecule has 1 rings (SSSR count). The van der Waals surface area contributed by atoms with Crippen LogP contribution in [0.3, 0.4) is 0 Å². The first-order valence-corrected chi connectivity index (χ1v) is 7.35. The number of hydrogen-bond acceptors (Lipinski definition) is 9. The molecule has 0 spiro atoms. The first kappa shape index (κ1) is 19.7. The summed E-state index contributed by atoms with van der Waals surface area (Å²) >= 11 is 0. The minimum Gasteiger partial charge on any atom is -0.394 e. The van der Waals surface area contributed by atoms with E-state index < -0.39 is 18.4 Å². The molecular formula is C13H27NO8. The molecule has 4 unspecified atom stereocenters. The fourth-order valence-electron chi connectivity index (χ4n) is 1.85. The van der Waals surface area contributed by atoms with Gasteiger partial charge in [-0.25, -0.2) is 0 Å². The third kappa shape index (κ3) is 8.32. The molecule has 0 radical (unpaired) electrons. The summed E-state index contributed by atoms with van der Waals surface area (Å²) in [6.45, 7) is 2.04. The van der Waals surface area contributed by atoms with Crippen molar-refractivity contribution in [3.63, 3.8) is 0 Å². The second kappa shape index (κ2) is 11.2. The second-order valence-electron chi connectivity index (χ2n) is 5.27. The molecule has 1 saturated heterocycles. The highest BCUT2D eigenvalue weighted by Crippen LogP contribution is 2.09. The van der Waals surface area contributed by atoms with Crippen LogP contribution >= 0.6 is 0 Å². The number of aliphatic hydroxyl groups excluding tert-OH is 4. The molecule has 5 atom stereocenters. The summed E-state index contributed by atoms with van der Waals surface area (Å²) in [5.74, 6) is 0. The van der Waals surface area contributed by atoms with Crippen LogP contribution in [0, 0.1) is 0 Å². The number of ether oxygens (including phenoxy) is 3. The van der Waals surface area contributed by atoms with Crippen molar-refractivity contribution < 1.29 is 39.5 Å². The van der Waals surface area contributed by atoms with Gasteiger partial charge in [0.1, 0.15) is 12.2 Å². The molecule has 0 bridgehead atoms. The molecule has 9 nitrogen and oxygen atoms in total. The summed E-state index contributed by atoms with van der Waals surface area (Å²) in [4.78, 5) is 5.00. The highest BCUT2D eigenvalue weighted by atomic mass is 16.7. The van der Waals surface area contributed by atoms with Gasteiger partial charge >= 0.3 is 0 Å². The summed E-state index contributed by atoms with van der Waals surface area (Å²) in [5.41, 5.74) is 2.60. The van der Waals surface area contributed by atoms with E-state index in [9.17, 15) is 5.11 Å². The molecule has 1 fully saturated rings. The molecule has 9 heteroatoms. The largest absolute Gasteiger partial charge is 0.394 e. The van der Waals surface area contributed by atoms with Gasteiger partial charge in [-0.15, -0.1) is 0 Å². The first-order chi connectivity index (χ1) is 10.5. The van der Waals surface area contributed by atoms with E-state index in [0.717, 1.165) is 0 Å². The number of hydroxylamine groups is 1. The van der Waals surface area contributed by atoms with E-state index in [4.69, 9.17) is 34.4 Å². The highest BCUT2D eigenvalue weighted by molar-refractivity contribution is 4.67. The molecule has 0 saturated carbocycles. The van der Waals surface area contributed by atoms with E-state index in [1.54, 1.807) is 6.92 Å². The average molecular weight is 325 g/mol. The number of aliphatic hydroxyl groups is 4. The Morgan fingerprint density at radius 1 is 1.18 bits per heavy atom. The molecule has 0 aliphatic carbocycles. The Morgan fingerprint density at radius 3 is 2.59 bits per heavy atom. The molecule has 0 amide bonds. The van der Waals surface area contributed by atoms with Crippen molar-refractivity contribution in [3.8, 4) is 0 Å². The molecule has 5 N–H and O–H groups in total. The van der Waals surface area contributed by atoms with Crippen LogP contribution in [0.1, 0.15) is 13.3 Å². The molecule has 1 heterocycles. The fourth-order valence-corrected chi connectivity index (χ4v) is 1.85. The maximum absolute atomic E-state index is 9.32. The van der Waals surface area contributed by atoms with Crippen LogP contribution in [0.4, 0.5) is 0 Å². The predicted molar refractivity (Wildman–Crippen MR) is 74.8 cm³/mol.